The van der Waals surface area contributed by atoms with Crippen molar-refractivity contribution in [1.82, 2.24) is 24.9 Å². The number of pyridine rings is 1. The van der Waals surface area contributed by atoms with Crippen LogP contribution in [0.15, 0.2) is 42.7 Å². The highest BCUT2D eigenvalue weighted by Crippen LogP contribution is 2.27. The Hall–Kier alpha value is -4.61. The van der Waals surface area contributed by atoms with Crippen molar-refractivity contribution in [2.24, 2.45) is 5.92 Å². The summed E-state index contributed by atoms with van der Waals surface area (Å²) in [5.74, 6) is -2.06. The fourth-order valence-corrected chi connectivity index (χ4v) is 3.62. The predicted molar refractivity (Wildman–Crippen MR) is 135 cm³/mol. The normalized spacial score (nSPS) is 11.0. The zero-order valence-electron chi connectivity index (χ0n) is 21.2. The van der Waals surface area contributed by atoms with Crippen LogP contribution in [0.25, 0.3) is 16.9 Å². The lowest BCUT2D eigenvalue weighted by Gasteiger charge is -2.15. The quantitative estimate of drug-likeness (QED) is 0.340. The molecule has 3 aromatic heterocycles. The van der Waals surface area contributed by atoms with E-state index in [1.165, 1.54) is 24.7 Å². The monoisotopic (exact) mass is 524 g/mol. The highest BCUT2D eigenvalue weighted by Gasteiger charge is 2.19. The van der Waals surface area contributed by atoms with E-state index in [9.17, 15) is 18.4 Å². The number of aromatic nitrogens is 4. The third kappa shape index (κ3) is 6.02. The van der Waals surface area contributed by atoms with E-state index < -0.39 is 17.5 Å². The second-order valence-corrected chi connectivity index (χ2v) is 8.87. The summed E-state index contributed by atoms with van der Waals surface area (Å²) in [7, 11) is 1.37. The van der Waals surface area contributed by atoms with Gasteiger partial charge in [-0.3, -0.25) is 9.59 Å². The van der Waals surface area contributed by atoms with Gasteiger partial charge in [-0.25, -0.2) is 23.3 Å². The van der Waals surface area contributed by atoms with Crippen LogP contribution in [0, 0.1) is 17.6 Å². The number of imidazole rings is 1. The molecule has 0 atom stereocenters. The van der Waals surface area contributed by atoms with Gasteiger partial charge in [0.2, 0.25) is 11.8 Å². The molecule has 10 nitrogen and oxygen atoms in total. The number of halogens is 2. The standard InChI is InChI=1S/C26H26F2N6O4/c1-14(2)13-38-24-17(7-18(27)9-20(24)28)11-29-25(36)19-8-16(10-30-26(19)37-4)21-5-6-23-32-22(31-15(3)35)12-34(23)33-21/h5-10,12,14H,11,13H2,1-4H3,(H,29,36)(H,31,35). The highest BCUT2D eigenvalue weighted by atomic mass is 19.1. The number of anilines is 1. The maximum atomic E-state index is 14.4. The van der Waals surface area contributed by atoms with E-state index in [2.05, 4.69) is 25.7 Å². The number of methoxy groups -OCH3 is 1. The van der Waals surface area contributed by atoms with Crippen LogP contribution >= 0.6 is 0 Å². The smallest absolute Gasteiger partial charge is 0.257 e. The van der Waals surface area contributed by atoms with Gasteiger partial charge in [0.25, 0.3) is 5.91 Å². The third-order valence-corrected chi connectivity index (χ3v) is 5.29. The minimum Gasteiger partial charge on any atom is -0.490 e. The van der Waals surface area contributed by atoms with E-state index in [0.717, 1.165) is 12.1 Å². The number of rotatable bonds is 9. The van der Waals surface area contributed by atoms with Gasteiger partial charge in [0, 0.05) is 36.9 Å². The lowest BCUT2D eigenvalue weighted by molar-refractivity contribution is -0.114. The molecule has 0 saturated heterocycles. The molecule has 4 aromatic rings. The zero-order valence-corrected chi connectivity index (χ0v) is 21.2. The molecule has 12 heteroatoms. The van der Waals surface area contributed by atoms with Crippen LogP contribution in [0.3, 0.4) is 0 Å². The minimum absolute atomic E-state index is 0.0598. The topological polar surface area (TPSA) is 120 Å². The summed E-state index contributed by atoms with van der Waals surface area (Å²) in [6.45, 7) is 5.21. The van der Waals surface area contributed by atoms with Crippen molar-refractivity contribution in [3.05, 3.63) is 65.5 Å². The molecule has 0 aliphatic carbocycles. The summed E-state index contributed by atoms with van der Waals surface area (Å²) >= 11 is 0. The average molecular weight is 525 g/mol. The number of fused-ring (bicyclic) bond motifs is 1. The Morgan fingerprint density at radius 1 is 1.16 bits per heavy atom. The summed E-state index contributed by atoms with van der Waals surface area (Å²) in [4.78, 5) is 32.9. The van der Waals surface area contributed by atoms with E-state index in [1.54, 1.807) is 24.4 Å². The first kappa shape index (κ1) is 26.5. The Morgan fingerprint density at radius 3 is 2.66 bits per heavy atom. The van der Waals surface area contributed by atoms with E-state index >= 15 is 0 Å². The van der Waals surface area contributed by atoms with E-state index in [1.807, 2.05) is 13.8 Å². The summed E-state index contributed by atoms with van der Waals surface area (Å²) < 4.78 is 40.6. The molecule has 198 valence electrons. The first-order valence-electron chi connectivity index (χ1n) is 11.7. The maximum absolute atomic E-state index is 14.4. The second kappa shape index (κ2) is 11.2. The van der Waals surface area contributed by atoms with E-state index in [4.69, 9.17) is 9.47 Å². The first-order valence-corrected chi connectivity index (χ1v) is 11.7. The van der Waals surface area contributed by atoms with Gasteiger partial charge in [0.15, 0.2) is 23.0 Å². The van der Waals surface area contributed by atoms with Crippen molar-refractivity contribution in [1.29, 1.82) is 0 Å². The Bertz CT molecular complexity index is 1500. The number of nitrogens with one attached hydrogen (secondary N) is 2. The largest absolute Gasteiger partial charge is 0.490 e. The summed E-state index contributed by atoms with van der Waals surface area (Å²) in [5, 5.41) is 9.73. The van der Waals surface area contributed by atoms with E-state index in [-0.39, 0.29) is 47.7 Å². The molecule has 1 aromatic carbocycles. The fourth-order valence-electron chi connectivity index (χ4n) is 3.62. The van der Waals surface area contributed by atoms with Crippen LogP contribution in [0.2, 0.25) is 0 Å². The molecule has 4 rings (SSSR count). The lowest BCUT2D eigenvalue weighted by atomic mass is 10.1. The molecule has 0 aliphatic rings. The van der Waals surface area contributed by atoms with Crippen molar-refractivity contribution in [2.45, 2.75) is 27.3 Å². The molecule has 0 spiro atoms. The third-order valence-electron chi connectivity index (χ3n) is 5.29. The molecule has 0 bridgehead atoms. The minimum atomic E-state index is -0.848. The Kier molecular flexibility index (Phi) is 7.79. The molecule has 0 aliphatic heterocycles. The Labute approximate surface area is 217 Å². The van der Waals surface area contributed by atoms with Gasteiger partial charge < -0.3 is 20.1 Å². The number of ether oxygens (including phenoxy) is 2. The van der Waals surface area contributed by atoms with Crippen molar-refractivity contribution < 1.29 is 27.8 Å². The highest BCUT2D eigenvalue weighted by molar-refractivity contribution is 5.97. The van der Waals surface area contributed by atoms with Crippen LogP contribution in [0.5, 0.6) is 11.6 Å². The van der Waals surface area contributed by atoms with Crippen LogP contribution in [-0.2, 0) is 11.3 Å². The Morgan fingerprint density at radius 2 is 1.95 bits per heavy atom. The molecule has 2 amide bonds. The number of benzene rings is 1. The van der Waals surface area contributed by atoms with Gasteiger partial charge in [-0.05, 0) is 30.2 Å². The summed E-state index contributed by atoms with van der Waals surface area (Å²) in [5.41, 5.74) is 1.74. The molecule has 0 unspecified atom stereocenters. The van der Waals surface area contributed by atoms with Gasteiger partial charge in [0.1, 0.15) is 11.4 Å². The SMILES string of the molecule is COc1ncc(-c2ccc3nc(NC(C)=O)cn3n2)cc1C(=O)NCc1cc(F)cc(F)c1OCC(C)C. The molecule has 0 radical (unpaired) electrons. The molecule has 2 N–H and O–H groups in total. The van der Waals surface area contributed by atoms with Crippen LogP contribution in [0.1, 0.15) is 36.7 Å². The van der Waals surface area contributed by atoms with E-state index in [0.29, 0.717) is 22.7 Å². The Balaban J connectivity index is 1.59. The number of hydrogen-bond acceptors (Lipinski definition) is 7. The molecular formula is C26H26F2N6O4. The molecule has 0 saturated carbocycles. The van der Waals surface area contributed by atoms with Crippen molar-refractivity contribution in [2.75, 3.05) is 19.0 Å². The van der Waals surface area contributed by atoms with Crippen molar-refractivity contribution in [3.8, 4) is 22.9 Å². The van der Waals surface area contributed by atoms with Gasteiger partial charge in [-0.1, -0.05) is 13.8 Å². The number of amides is 2. The number of carbonyl (C=O) groups excluding carboxylic acids is 2. The molecule has 3 heterocycles. The summed E-state index contributed by atoms with van der Waals surface area (Å²) in [6.07, 6.45) is 3.05. The van der Waals surface area contributed by atoms with Crippen molar-refractivity contribution in [3.63, 3.8) is 0 Å². The molecule has 0 fully saturated rings. The average Bonchev–Trinajstić information content (AvgIpc) is 3.26. The number of hydrogen-bond donors (Lipinski definition) is 2. The second-order valence-electron chi connectivity index (χ2n) is 8.87. The first-order chi connectivity index (χ1) is 18.1. The van der Waals surface area contributed by atoms with Crippen LogP contribution in [-0.4, -0.2) is 45.1 Å². The number of carbonyl (C=O) groups is 2. The van der Waals surface area contributed by atoms with Gasteiger partial charge in [0.05, 0.1) is 25.6 Å². The molecule has 38 heavy (non-hydrogen) atoms. The summed E-state index contributed by atoms with van der Waals surface area (Å²) in [6, 6.07) is 6.79. The fraction of sp³-hybridized carbons (Fsp3) is 0.269. The molecular weight excluding hydrogens is 498 g/mol. The lowest BCUT2D eigenvalue weighted by Crippen LogP contribution is -2.24. The van der Waals surface area contributed by atoms with Crippen LogP contribution < -0.4 is 20.1 Å². The van der Waals surface area contributed by atoms with Crippen molar-refractivity contribution >= 4 is 23.3 Å². The zero-order chi connectivity index (χ0) is 27.4. The maximum Gasteiger partial charge on any atom is 0.257 e. The van der Waals surface area contributed by atoms with Gasteiger partial charge in [-0.2, -0.15) is 5.10 Å². The van der Waals surface area contributed by atoms with Gasteiger partial charge >= 0.3 is 0 Å². The van der Waals surface area contributed by atoms with Gasteiger partial charge in [-0.15, -0.1) is 0 Å². The number of nitrogens with zero attached hydrogens (tertiary/aromatic N) is 4. The van der Waals surface area contributed by atoms with Crippen LogP contribution in [0.4, 0.5) is 14.6 Å². The predicted octanol–water partition coefficient (Wildman–Crippen LogP) is 4.00.